The Hall–Kier alpha value is -2.27. The molecule has 1 aromatic rings. The van der Waals surface area contributed by atoms with Crippen molar-refractivity contribution < 1.29 is 19.4 Å². The van der Waals surface area contributed by atoms with E-state index in [2.05, 4.69) is 5.32 Å². The number of fused-ring (bicyclic) bond motifs is 1. The lowest BCUT2D eigenvalue weighted by molar-refractivity contribution is -0.116. The molecule has 1 aliphatic heterocycles. The van der Waals surface area contributed by atoms with Gasteiger partial charge in [-0.3, -0.25) is 4.79 Å². The van der Waals surface area contributed by atoms with Gasteiger partial charge in [0.05, 0.1) is 6.61 Å². The molecule has 0 bridgehead atoms. The predicted molar refractivity (Wildman–Crippen MR) is 70.8 cm³/mol. The van der Waals surface area contributed by atoms with E-state index in [1.165, 1.54) is 6.08 Å². The highest BCUT2D eigenvalue weighted by molar-refractivity contribution is 5.87. The number of aliphatic hydroxyl groups is 1. The first-order valence-electron chi connectivity index (χ1n) is 5.92. The molecular formula is C14H15NO4. The first-order chi connectivity index (χ1) is 9.29. The highest BCUT2D eigenvalue weighted by atomic mass is 16.7. The highest BCUT2D eigenvalue weighted by Crippen LogP contribution is 2.32. The van der Waals surface area contributed by atoms with Crippen molar-refractivity contribution in [2.45, 2.75) is 0 Å². The molecule has 1 aliphatic rings. The lowest BCUT2D eigenvalue weighted by Crippen LogP contribution is -2.24. The zero-order valence-electron chi connectivity index (χ0n) is 10.3. The van der Waals surface area contributed by atoms with Crippen molar-refractivity contribution >= 4 is 12.0 Å². The Kier molecular flexibility index (Phi) is 4.58. The molecule has 0 atom stereocenters. The van der Waals surface area contributed by atoms with E-state index in [0.29, 0.717) is 0 Å². The van der Waals surface area contributed by atoms with E-state index < -0.39 is 0 Å². The van der Waals surface area contributed by atoms with Gasteiger partial charge in [-0.15, -0.1) is 0 Å². The molecular weight excluding hydrogens is 246 g/mol. The minimum Gasteiger partial charge on any atom is -0.454 e. The van der Waals surface area contributed by atoms with Crippen molar-refractivity contribution in [2.24, 2.45) is 0 Å². The van der Waals surface area contributed by atoms with Crippen LogP contribution in [0.4, 0.5) is 0 Å². The van der Waals surface area contributed by atoms with Crippen LogP contribution in [0, 0.1) is 0 Å². The Morgan fingerprint density at radius 1 is 1.32 bits per heavy atom. The third-order valence-corrected chi connectivity index (χ3v) is 2.46. The summed E-state index contributed by atoms with van der Waals surface area (Å²) in [5, 5.41) is 11.1. The van der Waals surface area contributed by atoms with Crippen LogP contribution in [0.3, 0.4) is 0 Å². The van der Waals surface area contributed by atoms with E-state index >= 15 is 0 Å². The van der Waals surface area contributed by atoms with Crippen molar-refractivity contribution in [2.75, 3.05) is 19.9 Å². The van der Waals surface area contributed by atoms with E-state index in [9.17, 15) is 4.79 Å². The van der Waals surface area contributed by atoms with Crippen LogP contribution in [0.25, 0.3) is 6.08 Å². The molecule has 1 aromatic carbocycles. The van der Waals surface area contributed by atoms with Gasteiger partial charge in [0.15, 0.2) is 11.5 Å². The molecule has 5 heteroatoms. The van der Waals surface area contributed by atoms with Crippen molar-refractivity contribution in [1.29, 1.82) is 0 Å². The summed E-state index contributed by atoms with van der Waals surface area (Å²) < 4.78 is 10.5. The van der Waals surface area contributed by atoms with Gasteiger partial charge in [0.1, 0.15) is 0 Å². The third kappa shape index (κ3) is 3.86. The molecule has 0 unspecified atom stereocenters. The second kappa shape index (κ2) is 6.61. The van der Waals surface area contributed by atoms with Crippen LogP contribution in [0.5, 0.6) is 11.5 Å². The van der Waals surface area contributed by atoms with Gasteiger partial charge in [0.25, 0.3) is 0 Å². The molecule has 0 aliphatic carbocycles. The van der Waals surface area contributed by atoms with Crippen LogP contribution in [0.2, 0.25) is 0 Å². The number of hydrogen-bond donors (Lipinski definition) is 2. The quantitative estimate of drug-likeness (QED) is 0.615. The molecule has 0 saturated heterocycles. The zero-order chi connectivity index (χ0) is 13.5. The maximum absolute atomic E-state index is 11.2. The van der Waals surface area contributed by atoms with Gasteiger partial charge in [0, 0.05) is 12.6 Å². The van der Waals surface area contributed by atoms with Crippen molar-refractivity contribution in [3.05, 3.63) is 42.0 Å². The van der Waals surface area contributed by atoms with Crippen LogP contribution in [0.15, 0.2) is 36.4 Å². The van der Waals surface area contributed by atoms with Gasteiger partial charge >= 0.3 is 0 Å². The number of benzene rings is 1. The largest absolute Gasteiger partial charge is 0.454 e. The van der Waals surface area contributed by atoms with Gasteiger partial charge in [-0.2, -0.15) is 0 Å². The van der Waals surface area contributed by atoms with Gasteiger partial charge in [-0.05, 0) is 17.7 Å². The number of carbonyl (C=O) groups excluding carboxylic acids is 1. The molecule has 2 rings (SSSR count). The average molecular weight is 261 g/mol. The molecule has 0 fully saturated rings. The fourth-order valence-corrected chi connectivity index (χ4v) is 1.56. The van der Waals surface area contributed by atoms with Crippen LogP contribution < -0.4 is 14.8 Å². The molecule has 0 saturated carbocycles. The van der Waals surface area contributed by atoms with Gasteiger partial charge in [-0.25, -0.2) is 0 Å². The Labute approximate surface area is 111 Å². The summed E-state index contributed by atoms with van der Waals surface area (Å²) in [6.07, 6.45) is 6.66. The van der Waals surface area contributed by atoms with E-state index in [4.69, 9.17) is 14.6 Å². The summed E-state index contributed by atoms with van der Waals surface area (Å²) in [7, 11) is 0. The van der Waals surface area contributed by atoms with Crippen LogP contribution in [0.1, 0.15) is 5.56 Å². The predicted octanol–water partition coefficient (Wildman–Crippen LogP) is 1.09. The summed E-state index contributed by atoms with van der Waals surface area (Å²) >= 11 is 0. The number of hydrogen-bond acceptors (Lipinski definition) is 4. The molecule has 0 spiro atoms. The molecule has 5 nitrogen and oxygen atoms in total. The molecule has 1 heterocycles. The molecule has 2 N–H and O–H groups in total. The Morgan fingerprint density at radius 3 is 3.00 bits per heavy atom. The smallest absolute Gasteiger partial charge is 0.244 e. The topological polar surface area (TPSA) is 67.8 Å². The SMILES string of the molecule is O=C(/C=C/C=C/c1ccc2c(c1)OCO2)NCCO. The maximum Gasteiger partial charge on any atom is 0.244 e. The maximum atomic E-state index is 11.2. The average Bonchev–Trinajstić information content (AvgIpc) is 2.88. The summed E-state index contributed by atoms with van der Waals surface area (Å²) in [6, 6.07) is 5.63. The van der Waals surface area contributed by atoms with Gasteiger partial charge in [0.2, 0.25) is 12.7 Å². The first-order valence-corrected chi connectivity index (χ1v) is 5.92. The second-order valence-corrected chi connectivity index (χ2v) is 3.85. The fourth-order valence-electron chi connectivity index (χ4n) is 1.56. The fraction of sp³-hybridized carbons (Fsp3) is 0.214. The van der Waals surface area contributed by atoms with Crippen molar-refractivity contribution in [1.82, 2.24) is 5.32 Å². The normalized spacial score (nSPS) is 13.3. The number of nitrogens with one attached hydrogen (secondary N) is 1. The molecule has 0 radical (unpaired) electrons. The van der Waals surface area contributed by atoms with Crippen molar-refractivity contribution in [3.63, 3.8) is 0 Å². The summed E-state index contributed by atoms with van der Waals surface area (Å²) in [5.41, 5.74) is 0.963. The number of ether oxygens (including phenoxy) is 2. The Balaban J connectivity index is 1.88. The molecule has 1 amide bonds. The van der Waals surface area contributed by atoms with Gasteiger partial charge in [-0.1, -0.05) is 24.3 Å². The summed E-state index contributed by atoms with van der Waals surface area (Å²) in [4.78, 5) is 11.2. The van der Waals surface area contributed by atoms with E-state index in [1.807, 2.05) is 24.3 Å². The number of aliphatic hydroxyl groups excluding tert-OH is 1. The summed E-state index contributed by atoms with van der Waals surface area (Å²) in [5.74, 6) is 1.24. The minimum absolute atomic E-state index is 0.0629. The van der Waals surface area contributed by atoms with E-state index in [1.54, 1.807) is 12.2 Å². The van der Waals surface area contributed by atoms with Gasteiger partial charge < -0.3 is 19.9 Å². The standard InChI is InChI=1S/C14H15NO4/c16-8-7-15-14(17)4-2-1-3-11-5-6-12-13(9-11)19-10-18-12/h1-6,9,16H,7-8,10H2,(H,15,17)/b3-1+,4-2+. The van der Waals surface area contributed by atoms with Crippen LogP contribution in [-0.4, -0.2) is 31.0 Å². The number of carbonyl (C=O) groups is 1. The third-order valence-electron chi connectivity index (χ3n) is 2.46. The van der Waals surface area contributed by atoms with E-state index in [-0.39, 0.29) is 25.9 Å². The molecule has 100 valence electrons. The Morgan fingerprint density at radius 2 is 2.16 bits per heavy atom. The zero-order valence-corrected chi connectivity index (χ0v) is 10.3. The van der Waals surface area contributed by atoms with Crippen molar-refractivity contribution in [3.8, 4) is 11.5 Å². The highest BCUT2D eigenvalue weighted by Gasteiger charge is 2.11. The lowest BCUT2D eigenvalue weighted by Gasteiger charge is -1.97. The number of amides is 1. The number of rotatable bonds is 5. The first kappa shape index (κ1) is 13.2. The monoisotopic (exact) mass is 261 g/mol. The van der Waals surface area contributed by atoms with Crippen LogP contribution in [-0.2, 0) is 4.79 Å². The minimum atomic E-state index is -0.232. The molecule has 0 aromatic heterocycles. The van der Waals surface area contributed by atoms with Crippen LogP contribution >= 0.6 is 0 Å². The second-order valence-electron chi connectivity index (χ2n) is 3.85. The number of allylic oxidation sites excluding steroid dienone is 2. The summed E-state index contributed by atoms with van der Waals surface area (Å²) in [6.45, 7) is 0.453. The Bertz CT molecular complexity index is 508. The lowest BCUT2D eigenvalue weighted by atomic mass is 10.2. The molecule has 19 heavy (non-hydrogen) atoms. The van der Waals surface area contributed by atoms with E-state index in [0.717, 1.165) is 17.1 Å².